The lowest BCUT2D eigenvalue weighted by Crippen LogP contribution is -2.51. The summed E-state index contributed by atoms with van der Waals surface area (Å²) in [6.07, 6.45) is 1.07. The minimum atomic E-state index is -0.734. The van der Waals surface area contributed by atoms with Crippen LogP contribution in [-0.2, 0) is 19.2 Å². The highest BCUT2D eigenvalue weighted by atomic mass is 19.1. The van der Waals surface area contributed by atoms with Crippen molar-refractivity contribution in [3.63, 3.8) is 0 Å². The number of carbonyl (C=O) groups excluding carboxylic acids is 4. The van der Waals surface area contributed by atoms with Crippen LogP contribution in [-0.4, -0.2) is 54.2 Å². The van der Waals surface area contributed by atoms with E-state index < -0.39 is 17.8 Å². The van der Waals surface area contributed by atoms with E-state index in [0.29, 0.717) is 31.6 Å². The number of hydrogen-bond donors (Lipinski definition) is 2. The van der Waals surface area contributed by atoms with Crippen LogP contribution in [0.15, 0.2) is 24.3 Å². The summed E-state index contributed by atoms with van der Waals surface area (Å²) in [7, 11) is 0. The molecule has 3 N–H and O–H groups in total. The Balaban J connectivity index is 1.53. The molecule has 0 spiro atoms. The Labute approximate surface area is 168 Å². The molecule has 1 aromatic carbocycles. The van der Waals surface area contributed by atoms with Gasteiger partial charge in [-0.1, -0.05) is 0 Å². The van der Waals surface area contributed by atoms with Crippen molar-refractivity contribution >= 4 is 29.3 Å². The van der Waals surface area contributed by atoms with Crippen LogP contribution in [0.1, 0.15) is 26.2 Å². The Morgan fingerprint density at radius 2 is 1.76 bits per heavy atom. The fourth-order valence-electron chi connectivity index (χ4n) is 3.81. The summed E-state index contributed by atoms with van der Waals surface area (Å²) in [6.45, 7) is 2.63. The monoisotopic (exact) mass is 404 g/mol. The normalized spacial score (nSPS) is 21.2. The zero-order chi connectivity index (χ0) is 21.1. The van der Waals surface area contributed by atoms with Crippen molar-refractivity contribution in [3.8, 4) is 0 Å². The van der Waals surface area contributed by atoms with Gasteiger partial charge in [-0.05, 0) is 44.0 Å². The van der Waals surface area contributed by atoms with Crippen LogP contribution in [0.2, 0.25) is 0 Å². The van der Waals surface area contributed by atoms with Gasteiger partial charge in [-0.3, -0.25) is 19.2 Å². The van der Waals surface area contributed by atoms with Gasteiger partial charge in [-0.25, -0.2) is 4.39 Å². The minimum absolute atomic E-state index is 0.0358. The Hall–Kier alpha value is -2.97. The first-order chi connectivity index (χ1) is 13.8. The molecule has 3 rings (SSSR count). The second-order valence-electron chi connectivity index (χ2n) is 7.61. The van der Waals surface area contributed by atoms with Crippen molar-refractivity contribution in [1.82, 2.24) is 10.2 Å². The smallest absolute Gasteiger partial charge is 0.244 e. The lowest BCUT2D eigenvalue weighted by Gasteiger charge is -2.32. The number of nitrogens with one attached hydrogen (secondary N) is 1. The molecule has 0 aromatic heterocycles. The van der Waals surface area contributed by atoms with Gasteiger partial charge in [-0.2, -0.15) is 0 Å². The molecule has 29 heavy (non-hydrogen) atoms. The van der Waals surface area contributed by atoms with E-state index >= 15 is 0 Å². The number of piperidine rings is 1. The minimum Gasteiger partial charge on any atom is -0.369 e. The molecule has 2 fully saturated rings. The number of anilines is 1. The van der Waals surface area contributed by atoms with Crippen molar-refractivity contribution < 1.29 is 23.6 Å². The number of nitrogens with two attached hydrogens (primary N) is 1. The third kappa shape index (κ3) is 4.72. The second-order valence-corrected chi connectivity index (χ2v) is 7.61. The third-order valence-corrected chi connectivity index (χ3v) is 5.57. The van der Waals surface area contributed by atoms with Crippen LogP contribution in [0.25, 0.3) is 0 Å². The molecular weight excluding hydrogens is 379 g/mol. The summed E-state index contributed by atoms with van der Waals surface area (Å²) in [6, 6.07) is 4.78. The molecule has 156 valence electrons. The van der Waals surface area contributed by atoms with Crippen molar-refractivity contribution in [2.24, 2.45) is 17.6 Å². The van der Waals surface area contributed by atoms with Crippen LogP contribution in [0.3, 0.4) is 0 Å². The van der Waals surface area contributed by atoms with Crippen LogP contribution < -0.4 is 16.0 Å². The third-order valence-electron chi connectivity index (χ3n) is 5.57. The van der Waals surface area contributed by atoms with Crippen LogP contribution in [0.4, 0.5) is 10.1 Å². The quantitative estimate of drug-likeness (QED) is 0.740. The van der Waals surface area contributed by atoms with E-state index in [1.165, 1.54) is 29.2 Å². The van der Waals surface area contributed by atoms with E-state index in [0.717, 1.165) is 0 Å². The van der Waals surface area contributed by atoms with Gasteiger partial charge in [0.05, 0.1) is 5.92 Å². The van der Waals surface area contributed by atoms with E-state index in [1.54, 1.807) is 11.8 Å². The number of primary amides is 1. The lowest BCUT2D eigenvalue weighted by molar-refractivity contribution is -0.139. The highest BCUT2D eigenvalue weighted by molar-refractivity contribution is 6.01. The molecule has 0 radical (unpaired) electrons. The molecule has 0 bridgehead atoms. The number of amides is 4. The number of likely N-dealkylation sites (tertiary alicyclic amines) is 1. The number of benzene rings is 1. The van der Waals surface area contributed by atoms with Crippen molar-refractivity contribution in [1.29, 1.82) is 0 Å². The fourth-order valence-corrected chi connectivity index (χ4v) is 3.81. The maximum absolute atomic E-state index is 13.1. The van der Waals surface area contributed by atoms with Gasteiger partial charge in [-0.15, -0.1) is 0 Å². The van der Waals surface area contributed by atoms with Crippen molar-refractivity contribution in [2.45, 2.75) is 32.2 Å². The Morgan fingerprint density at radius 3 is 2.34 bits per heavy atom. The van der Waals surface area contributed by atoms with Gasteiger partial charge >= 0.3 is 0 Å². The van der Waals surface area contributed by atoms with Crippen LogP contribution >= 0.6 is 0 Å². The first-order valence-electron chi connectivity index (χ1n) is 9.70. The van der Waals surface area contributed by atoms with Gasteiger partial charge in [0.15, 0.2) is 0 Å². The Bertz CT molecular complexity index is 805. The maximum atomic E-state index is 13.1. The van der Waals surface area contributed by atoms with E-state index in [4.69, 9.17) is 5.73 Å². The standard InChI is InChI=1S/C20H25FN4O4/c1-12(20(29)24-8-6-13(7-9-24)18(22)27)23-19(28)14-10-17(26)25(11-14)16-4-2-15(21)3-5-16/h2-5,12-14H,6-11H2,1H3,(H2,22,27)(H,23,28). The topological polar surface area (TPSA) is 113 Å². The largest absolute Gasteiger partial charge is 0.369 e. The highest BCUT2D eigenvalue weighted by Crippen LogP contribution is 2.25. The average Bonchev–Trinajstić information content (AvgIpc) is 3.10. The molecule has 2 atom stereocenters. The fraction of sp³-hybridized carbons (Fsp3) is 0.500. The number of rotatable bonds is 5. The Morgan fingerprint density at radius 1 is 1.14 bits per heavy atom. The van der Waals surface area contributed by atoms with Crippen LogP contribution in [0, 0.1) is 17.7 Å². The van der Waals surface area contributed by atoms with E-state index in [-0.39, 0.29) is 42.5 Å². The van der Waals surface area contributed by atoms with Gasteiger partial charge in [0.25, 0.3) is 0 Å². The number of nitrogens with zero attached hydrogens (tertiary/aromatic N) is 2. The summed E-state index contributed by atoms with van der Waals surface area (Å²) in [5.74, 6) is -2.35. The number of hydrogen-bond acceptors (Lipinski definition) is 4. The van der Waals surface area contributed by atoms with Gasteiger partial charge in [0, 0.05) is 37.7 Å². The molecular formula is C20H25FN4O4. The number of halogens is 1. The summed E-state index contributed by atoms with van der Waals surface area (Å²) in [4.78, 5) is 51.7. The van der Waals surface area contributed by atoms with Crippen molar-refractivity contribution in [3.05, 3.63) is 30.1 Å². The second kappa shape index (κ2) is 8.59. The Kier molecular flexibility index (Phi) is 6.14. The zero-order valence-electron chi connectivity index (χ0n) is 16.3. The average molecular weight is 404 g/mol. The summed E-state index contributed by atoms with van der Waals surface area (Å²) < 4.78 is 13.1. The van der Waals surface area contributed by atoms with Crippen LogP contribution in [0.5, 0.6) is 0 Å². The molecule has 8 nitrogen and oxygen atoms in total. The van der Waals surface area contributed by atoms with E-state index in [1.807, 2.05) is 0 Å². The zero-order valence-corrected chi connectivity index (χ0v) is 16.3. The van der Waals surface area contributed by atoms with E-state index in [2.05, 4.69) is 5.32 Å². The van der Waals surface area contributed by atoms with Crippen molar-refractivity contribution in [2.75, 3.05) is 24.5 Å². The van der Waals surface area contributed by atoms with Gasteiger partial charge < -0.3 is 20.9 Å². The maximum Gasteiger partial charge on any atom is 0.244 e. The predicted molar refractivity (Wildman–Crippen MR) is 103 cm³/mol. The molecule has 2 saturated heterocycles. The first kappa shape index (κ1) is 20.8. The van der Waals surface area contributed by atoms with Gasteiger partial charge in [0.2, 0.25) is 23.6 Å². The van der Waals surface area contributed by atoms with Gasteiger partial charge in [0.1, 0.15) is 11.9 Å². The summed E-state index contributed by atoms with van der Waals surface area (Å²) in [5, 5.41) is 2.69. The lowest BCUT2D eigenvalue weighted by atomic mass is 9.96. The SMILES string of the molecule is CC(NC(=O)C1CC(=O)N(c2ccc(F)cc2)C1)C(=O)N1CCC(C(N)=O)CC1. The molecule has 0 aliphatic carbocycles. The molecule has 4 amide bonds. The van der Waals surface area contributed by atoms with E-state index in [9.17, 15) is 23.6 Å². The molecule has 2 aliphatic heterocycles. The first-order valence-corrected chi connectivity index (χ1v) is 9.70. The summed E-state index contributed by atoms with van der Waals surface area (Å²) in [5.41, 5.74) is 5.84. The summed E-state index contributed by atoms with van der Waals surface area (Å²) >= 11 is 0. The predicted octanol–water partition coefficient (Wildman–Crippen LogP) is 0.407. The molecule has 0 saturated carbocycles. The molecule has 2 unspecified atom stereocenters. The molecule has 1 aromatic rings. The molecule has 9 heteroatoms. The highest BCUT2D eigenvalue weighted by Gasteiger charge is 2.37. The molecule has 2 aliphatic rings. The number of carbonyl (C=O) groups is 4. The molecule has 2 heterocycles.